The Morgan fingerprint density at radius 2 is 2.00 bits per heavy atom. The number of fused-ring (bicyclic) bond motifs is 1. The monoisotopic (exact) mass is 369 g/mol. The van der Waals surface area contributed by atoms with Crippen LogP contribution in [0.1, 0.15) is 35.8 Å². The minimum absolute atomic E-state index is 0.545. The van der Waals surface area contributed by atoms with Crippen LogP contribution < -0.4 is 5.32 Å². The van der Waals surface area contributed by atoms with Gasteiger partial charge in [-0.25, -0.2) is 14.8 Å². The highest BCUT2D eigenvalue weighted by molar-refractivity contribution is 7.19. The lowest BCUT2D eigenvalue weighted by atomic mass is 9.99. The molecule has 0 aliphatic rings. The topological polar surface area (TPSA) is 75.1 Å². The van der Waals surface area contributed by atoms with E-state index in [2.05, 4.69) is 54.3 Å². The van der Waals surface area contributed by atoms with Crippen LogP contribution >= 0.6 is 11.3 Å². The molecular weight excluding hydrogens is 346 g/mol. The highest BCUT2D eigenvalue weighted by atomic mass is 32.1. The Labute approximate surface area is 157 Å². The van der Waals surface area contributed by atoms with E-state index >= 15 is 0 Å². The molecule has 26 heavy (non-hydrogen) atoms. The van der Waals surface area contributed by atoms with Crippen molar-refractivity contribution in [1.29, 1.82) is 0 Å². The molecule has 1 atom stereocenters. The Hall–Kier alpha value is -2.47. The number of aromatic nitrogens is 2. The largest absolute Gasteiger partial charge is 0.480 e. The Morgan fingerprint density at radius 3 is 2.65 bits per heavy atom. The SMILES string of the molecule is CCCC(Nc1ncnc2sc(C)c(-c3ccc(C)c(C)c3)c12)C(=O)O. The number of nitrogens with zero attached hydrogens (tertiary/aromatic N) is 2. The van der Waals surface area contributed by atoms with Crippen molar-refractivity contribution >= 4 is 33.3 Å². The molecule has 0 spiro atoms. The molecule has 1 aromatic carbocycles. The number of anilines is 1. The molecule has 1 unspecified atom stereocenters. The van der Waals surface area contributed by atoms with Crippen molar-refractivity contribution in [2.75, 3.05) is 5.32 Å². The van der Waals surface area contributed by atoms with Crippen molar-refractivity contribution in [2.24, 2.45) is 0 Å². The average molecular weight is 369 g/mol. The fraction of sp³-hybridized carbons (Fsp3) is 0.350. The summed E-state index contributed by atoms with van der Waals surface area (Å²) in [5.74, 6) is -0.272. The summed E-state index contributed by atoms with van der Waals surface area (Å²) >= 11 is 1.61. The van der Waals surface area contributed by atoms with E-state index < -0.39 is 12.0 Å². The van der Waals surface area contributed by atoms with Gasteiger partial charge in [0.25, 0.3) is 0 Å². The second-order valence-electron chi connectivity index (χ2n) is 6.56. The Balaban J connectivity index is 2.16. The van der Waals surface area contributed by atoms with Gasteiger partial charge in [-0.15, -0.1) is 11.3 Å². The number of benzene rings is 1. The molecule has 0 bridgehead atoms. The second kappa shape index (κ2) is 7.41. The van der Waals surface area contributed by atoms with Crippen LogP contribution in [-0.4, -0.2) is 27.1 Å². The maximum Gasteiger partial charge on any atom is 0.326 e. The van der Waals surface area contributed by atoms with Crippen molar-refractivity contribution in [3.8, 4) is 11.1 Å². The molecule has 0 radical (unpaired) electrons. The predicted octanol–water partition coefficient (Wildman–Crippen LogP) is 4.95. The zero-order valence-corrected chi connectivity index (χ0v) is 16.3. The summed E-state index contributed by atoms with van der Waals surface area (Å²) in [6.45, 7) is 8.24. The third-order valence-electron chi connectivity index (χ3n) is 4.65. The van der Waals surface area contributed by atoms with Gasteiger partial charge in [-0.3, -0.25) is 0 Å². The zero-order chi connectivity index (χ0) is 18.8. The number of hydrogen-bond donors (Lipinski definition) is 2. The summed E-state index contributed by atoms with van der Waals surface area (Å²) in [6.07, 6.45) is 2.82. The minimum Gasteiger partial charge on any atom is -0.480 e. The van der Waals surface area contributed by atoms with Gasteiger partial charge in [0.05, 0.1) is 5.39 Å². The second-order valence-corrected chi connectivity index (χ2v) is 7.76. The quantitative estimate of drug-likeness (QED) is 0.643. The van der Waals surface area contributed by atoms with E-state index in [4.69, 9.17) is 0 Å². The zero-order valence-electron chi connectivity index (χ0n) is 15.5. The van der Waals surface area contributed by atoms with Crippen LogP contribution in [0, 0.1) is 20.8 Å². The maximum absolute atomic E-state index is 11.6. The number of thiophene rings is 1. The van der Waals surface area contributed by atoms with Crippen LogP contribution in [0.5, 0.6) is 0 Å². The molecule has 0 amide bonds. The number of carboxylic acid groups (broad SMARTS) is 1. The molecular formula is C20H23N3O2S. The average Bonchev–Trinajstić information content (AvgIpc) is 2.93. The fourth-order valence-electron chi connectivity index (χ4n) is 3.11. The predicted molar refractivity (Wildman–Crippen MR) is 107 cm³/mol. The lowest BCUT2D eigenvalue weighted by Crippen LogP contribution is -2.29. The van der Waals surface area contributed by atoms with E-state index in [1.165, 1.54) is 17.5 Å². The van der Waals surface area contributed by atoms with E-state index in [-0.39, 0.29) is 0 Å². The Kier molecular flexibility index (Phi) is 5.23. The van der Waals surface area contributed by atoms with Crippen molar-refractivity contribution in [3.63, 3.8) is 0 Å². The van der Waals surface area contributed by atoms with Gasteiger partial charge in [0.1, 0.15) is 23.0 Å². The van der Waals surface area contributed by atoms with Crippen LogP contribution in [0.4, 0.5) is 5.82 Å². The van der Waals surface area contributed by atoms with Crippen LogP contribution in [0.3, 0.4) is 0 Å². The third kappa shape index (κ3) is 3.42. The molecule has 0 aliphatic carbocycles. The van der Waals surface area contributed by atoms with Gasteiger partial charge < -0.3 is 10.4 Å². The molecule has 6 heteroatoms. The van der Waals surface area contributed by atoms with Gasteiger partial charge in [0.2, 0.25) is 0 Å². The first-order chi connectivity index (χ1) is 12.4. The summed E-state index contributed by atoms with van der Waals surface area (Å²) in [5.41, 5.74) is 4.66. The van der Waals surface area contributed by atoms with E-state index in [0.717, 1.165) is 32.6 Å². The molecule has 136 valence electrons. The van der Waals surface area contributed by atoms with E-state index in [9.17, 15) is 9.90 Å². The number of aryl methyl sites for hydroxylation is 3. The van der Waals surface area contributed by atoms with Crippen molar-refractivity contribution in [3.05, 3.63) is 40.5 Å². The van der Waals surface area contributed by atoms with E-state index in [1.54, 1.807) is 11.3 Å². The number of carboxylic acids is 1. The number of carbonyl (C=O) groups is 1. The van der Waals surface area contributed by atoms with Crippen molar-refractivity contribution < 1.29 is 9.90 Å². The Morgan fingerprint density at radius 1 is 1.23 bits per heavy atom. The highest BCUT2D eigenvalue weighted by Gasteiger charge is 2.21. The van der Waals surface area contributed by atoms with Gasteiger partial charge in [-0.1, -0.05) is 31.5 Å². The number of hydrogen-bond acceptors (Lipinski definition) is 5. The summed E-state index contributed by atoms with van der Waals surface area (Å²) in [4.78, 5) is 22.4. The van der Waals surface area contributed by atoms with Gasteiger partial charge in [-0.05, 0) is 43.9 Å². The molecule has 0 saturated carbocycles. The fourth-order valence-corrected chi connectivity index (χ4v) is 4.12. The molecule has 0 saturated heterocycles. The minimum atomic E-state index is -0.863. The molecule has 0 fully saturated rings. The van der Waals surface area contributed by atoms with Gasteiger partial charge in [0.15, 0.2) is 0 Å². The van der Waals surface area contributed by atoms with Crippen molar-refractivity contribution in [1.82, 2.24) is 9.97 Å². The number of nitrogens with one attached hydrogen (secondary N) is 1. The molecule has 2 N–H and O–H groups in total. The van der Waals surface area contributed by atoms with Crippen LogP contribution in [0.25, 0.3) is 21.3 Å². The normalized spacial score (nSPS) is 12.3. The number of aliphatic carboxylic acids is 1. The Bertz CT molecular complexity index is 965. The summed E-state index contributed by atoms with van der Waals surface area (Å²) in [6, 6.07) is 5.73. The van der Waals surface area contributed by atoms with Crippen LogP contribution in [0.15, 0.2) is 24.5 Å². The number of rotatable bonds is 6. The maximum atomic E-state index is 11.6. The first kappa shape index (κ1) is 18.3. The van der Waals surface area contributed by atoms with Gasteiger partial charge in [0, 0.05) is 10.4 Å². The standard InChI is InChI=1S/C20H23N3O2S/c1-5-6-15(20(24)25)23-18-17-16(13(4)26-19(17)22-10-21-18)14-8-7-11(2)12(3)9-14/h7-10,15H,5-6H2,1-4H3,(H,24,25)(H,21,22,23). The van der Waals surface area contributed by atoms with Gasteiger partial charge in [-0.2, -0.15) is 0 Å². The molecule has 0 aliphatic heterocycles. The molecule has 3 rings (SSSR count). The van der Waals surface area contributed by atoms with E-state index in [0.29, 0.717) is 12.2 Å². The summed E-state index contributed by atoms with van der Waals surface area (Å²) in [5, 5.41) is 13.5. The third-order valence-corrected chi connectivity index (χ3v) is 5.66. The first-order valence-corrected chi connectivity index (χ1v) is 9.55. The molecule has 3 aromatic rings. The molecule has 5 nitrogen and oxygen atoms in total. The van der Waals surface area contributed by atoms with Gasteiger partial charge >= 0.3 is 5.97 Å². The van der Waals surface area contributed by atoms with Crippen LogP contribution in [-0.2, 0) is 4.79 Å². The molecule has 2 heterocycles. The van der Waals surface area contributed by atoms with Crippen LogP contribution in [0.2, 0.25) is 0 Å². The first-order valence-electron chi connectivity index (χ1n) is 8.73. The smallest absolute Gasteiger partial charge is 0.326 e. The highest BCUT2D eigenvalue weighted by Crippen LogP contribution is 2.41. The van der Waals surface area contributed by atoms with E-state index in [1.807, 2.05) is 6.92 Å². The lowest BCUT2D eigenvalue weighted by molar-refractivity contribution is -0.138. The summed E-state index contributed by atoms with van der Waals surface area (Å²) < 4.78 is 0. The molecule has 2 aromatic heterocycles. The lowest BCUT2D eigenvalue weighted by Gasteiger charge is -2.15. The van der Waals surface area contributed by atoms with Crippen molar-refractivity contribution in [2.45, 2.75) is 46.6 Å². The summed E-state index contributed by atoms with van der Waals surface area (Å²) in [7, 11) is 0.